The van der Waals surface area contributed by atoms with Gasteiger partial charge in [0.25, 0.3) is 5.91 Å². The summed E-state index contributed by atoms with van der Waals surface area (Å²) in [5.41, 5.74) is 7.57. The van der Waals surface area contributed by atoms with Gasteiger partial charge < -0.3 is 10.2 Å². The predicted octanol–water partition coefficient (Wildman–Crippen LogP) is 2.64. The quantitative estimate of drug-likeness (QED) is 0.325. The molecule has 0 radical (unpaired) electrons. The Morgan fingerprint density at radius 1 is 1.20 bits per heavy atom. The third-order valence-corrected chi connectivity index (χ3v) is 3.57. The van der Waals surface area contributed by atoms with Gasteiger partial charge in [0.1, 0.15) is 17.0 Å². The minimum absolute atomic E-state index is 0.0330. The number of nitrogens with two attached hydrogens (primary N) is 1. The van der Waals surface area contributed by atoms with Gasteiger partial charge in [0, 0.05) is 16.0 Å². The average molecular weight is 360 g/mol. The van der Waals surface area contributed by atoms with Gasteiger partial charge in [-0.1, -0.05) is 17.7 Å². The number of carbonyl (C=O) groups is 1. The summed E-state index contributed by atoms with van der Waals surface area (Å²) < 4.78 is 18.3. The third-order valence-electron chi connectivity index (χ3n) is 3.33. The Morgan fingerprint density at radius 3 is 2.76 bits per heavy atom. The maximum atomic E-state index is 13.1. The molecule has 0 atom stereocenters. The molecule has 0 bridgehead atoms. The van der Waals surface area contributed by atoms with Crippen molar-refractivity contribution in [1.29, 1.82) is 0 Å². The maximum Gasteiger partial charge on any atom is 0.347 e. The van der Waals surface area contributed by atoms with E-state index in [4.69, 9.17) is 21.8 Å². The second-order valence-electron chi connectivity index (χ2n) is 5.08. The molecule has 126 valence electrons. The lowest BCUT2D eigenvalue weighted by Gasteiger charge is -2.04. The molecule has 0 saturated carbocycles. The standard InChI is InChI=1S/C17H11ClFN3O3/c18-11-4-5-14-10(6-11)8-13(17(24)25-14)15(20)21-22-16(23)9-2-1-3-12(19)7-9/h1-8H,(H2,20,21)(H,22,23). The summed E-state index contributed by atoms with van der Waals surface area (Å²) in [5.74, 6) is -1.48. The topological polar surface area (TPSA) is 97.7 Å². The Labute approximate surface area is 145 Å². The summed E-state index contributed by atoms with van der Waals surface area (Å²) in [4.78, 5) is 23.9. The van der Waals surface area contributed by atoms with Crippen LogP contribution in [0.25, 0.3) is 11.0 Å². The number of halogens is 2. The molecule has 1 amide bonds. The fourth-order valence-electron chi connectivity index (χ4n) is 2.14. The number of fused-ring (bicyclic) bond motifs is 1. The molecule has 0 saturated heterocycles. The van der Waals surface area contributed by atoms with Gasteiger partial charge in [-0.25, -0.2) is 14.6 Å². The van der Waals surface area contributed by atoms with Crippen LogP contribution in [-0.4, -0.2) is 11.7 Å². The van der Waals surface area contributed by atoms with Gasteiger partial charge in [0.05, 0.1) is 0 Å². The number of nitrogens with one attached hydrogen (secondary N) is 1. The molecule has 0 fully saturated rings. The number of amidine groups is 1. The predicted molar refractivity (Wildman–Crippen MR) is 92.1 cm³/mol. The van der Waals surface area contributed by atoms with Crippen molar-refractivity contribution in [3.05, 3.63) is 80.9 Å². The van der Waals surface area contributed by atoms with E-state index in [9.17, 15) is 14.0 Å². The lowest BCUT2D eigenvalue weighted by molar-refractivity contribution is 0.0954. The van der Waals surface area contributed by atoms with Crippen LogP contribution < -0.4 is 16.8 Å². The van der Waals surface area contributed by atoms with Crippen LogP contribution in [0.4, 0.5) is 4.39 Å². The summed E-state index contributed by atoms with van der Waals surface area (Å²) in [6.45, 7) is 0. The van der Waals surface area contributed by atoms with Crippen molar-refractivity contribution < 1.29 is 13.6 Å². The van der Waals surface area contributed by atoms with E-state index in [1.165, 1.54) is 24.3 Å². The zero-order valence-electron chi connectivity index (χ0n) is 12.6. The van der Waals surface area contributed by atoms with Crippen molar-refractivity contribution in [2.45, 2.75) is 0 Å². The van der Waals surface area contributed by atoms with Gasteiger partial charge in [0.2, 0.25) is 0 Å². The van der Waals surface area contributed by atoms with E-state index in [0.717, 1.165) is 6.07 Å². The van der Waals surface area contributed by atoms with Crippen LogP contribution in [0.2, 0.25) is 5.02 Å². The first-order chi connectivity index (χ1) is 11.9. The molecule has 25 heavy (non-hydrogen) atoms. The molecule has 0 unspecified atom stereocenters. The van der Waals surface area contributed by atoms with Gasteiger partial charge in [-0.3, -0.25) is 4.79 Å². The van der Waals surface area contributed by atoms with E-state index in [1.807, 2.05) is 0 Å². The molecule has 0 aliphatic rings. The summed E-state index contributed by atoms with van der Waals surface area (Å²) in [6.07, 6.45) is 0. The summed E-state index contributed by atoms with van der Waals surface area (Å²) in [6, 6.07) is 11.3. The highest BCUT2D eigenvalue weighted by Gasteiger charge is 2.11. The molecule has 0 aliphatic heterocycles. The van der Waals surface area contributed by atoms with Crippen LogP contribution in [0.5, 0.6) is 0 Å². The molecule has 0 aliphatic carbocycles. The number of nitrogens with zero attached hydrogens (tertiary/aromatic N) is 1. The smallest absolute Gasteiger partial charge is 0.347 e. The molecular formula is C17H11ClFN3O3. The van der Waals surface area contributed by atoms with E-state index in [2.05, 4.69) is 10.5 Å². The number of carbonyl (C=O) groups excluding carboxylic acids is 1. The van der Waals surface area contributed by atoms with Crippen LogP contribution in [0.15, 0.2) is 62.8 Å². The van der Waals surface area contributed by atoms with Gasteiger partial charge >= 0.3 is 5.63 Å². The minimum atomic E-state index is -0.712. The lowest BCUT2D eigenvalue weighted by Crippen LogP contribution is -2.27. The molecule has 0 spiro atoms. The molecule has 3 aromatic rings. The molecule has 3 rings (SSSR count). The SMILES string of the molecule is N/C(=N/NC(=O)c1cccc(F)c1)c1cc2cc(Cl)ccc2oc1=O. The van der Waals surface area contributed by atoms with Crippen LogP contribution in [0.3, 0.4) is 0 Å². The molecule has 1 heterocycles. The molecule has 2 aromatic carbocycles. The number of benzene rings is 2. The van der Waals surface area contributed by atoms with E-state index in [1.54, 1.807) is 18.2 Å². The maximum absolute atomic E-state index is 13.1. The van der Waals surface area contributed by atoms with Gasteiger partial charge in [-0.15, -0.1) is 0 Å². The molecule has 6 nitrogen and oxygen atoms in total. The Morgan fingerprint density at radius 2 is 2.00 bits per heavy atom. The second-order valence-corrected chi connectivity index (χ2v) is 5.51. The van der Waals surface area contributed by atoms with Crippen LogP contribution >= 0.6 is 11.6 Å². The third kappa shape index (κ3) is 3.67. The molecule has 1 aromatic heterocycles. The van der Waals surface area contributed by atoms with E-state index in [-0.39, 0.29) is 17.0 Å². The van der Waals surface area contributed by atoms with Crippen molar-refractivity contribution in [3.8, 4) is 0 Å². The average Bonchev–Trinajstić information content (AvgIpc) is 2.59. The normalized spacial score (nSPS) is 11.5. The summed E-state index contributed by atoms with van der Waals surface area (Å²) in [7, 11) is 0. The number of hydrogen-bond donors (Lipinski definition) is 2. The molecule has 3 N–H and O–H groups in total. The highest BCUT2D eigenvalue weighted by Crippen LogP contribution is 2.18. The van der Waals surface area contributed by atoms with Gasteiger partial charge in [-0.2, -0.15) is 5.10 Å². The minimum Gasteiger partial charge on any atom is -0.422 e. The monoisotopic (exact) mass is 359 g/mol. The zero-order chi connectivity index (χ0) is 18.0. The zero-order valence-corrected chi connectivity index (χ0v) is 13.4. The summed E-state index contributed by atoms with van der Waals surface area (Å²) in [5, 5.41) is 4.68. The lowest BCUT2D eigenvalue weighted by atomic mass is 10.2. The number of hydrazone groups is 1. The van der Waals surface area contributed by atoms with E-state index in [0.29, 0.717) is 16.0 Å². The van der Waals surface area contributed by atoms with E-state index < -0.39 is 17.3 Å². The van der Waals surface area contributed by atoms with Gasteiger partial charge in [0.15, 0.2) is 5.84 Å². The van der Waals surface area contributed by atoms with Crippen molar-refractivity contribution in [2.24, 2.45) is 10.8 Å². The van der Waals surface area contributed by atoms with Crippen molar-refractivity contribution in [1.82, 2.24) is 5.43 Å². The fraction of sp³-hybridized carbons (Fsp3) is 0. The Bertz CT molecular complexity index is 1060. The number of amides is 1. The first-order valence-corrected chi connectivity index (χ1v) is 7.45. The Kier molecular flexibility index (Phi) is 4.49. The number of rotatable bonds is 3. The second kappa shape index (κ2) is 6.74. The number of hydrogen-bond acceptors (Lipinski definition) is 4. The van der Waals surface area contributed by atoms with Gasteiger partial charge in [-0.05, 0) is 42.5 Å². The van der Waals surface area contributed by atoms with Crippen LogP contribution in [0.1, 0.15) is 15.9 Å². The highest BCUT2D eigenvalue weighted by atomic mass is 35.5. The van der Waals surface area contributed by atoms with E-state index >= 15 is 0 Å². The first-order valence-electron chi connectivity index (χ1n) is 7.07. The molecule has 8 heteroatoms. The van der Waals surface area contributed by atoms with Crippen molar-refractivity contribution in [3.63, 3.8) is 0 Å². The first kappa shape index (κ1) is 16.7. The van der Waals surface area contributed by atoms with Crippen LogP contribution in [-0.2, 0) is 0 Å². The largest absolute Gasteiger partial charge is 0.422 e. The van der Waals surface area contributed by atoms with Crippen molar-refractivity contribution in [2.75, 3.05) is 0 Å². The highest BCUT2D eigenvalue weighted by molar-refractivity contribution is 6.31. The fourth-order valence-corrected chi connectivity index (χ4v) is 2.32. The Balaban J connectivity index is 1.89. The molecular weight excluding hydrogens is 349 g/mol. The van der Waals surface area contributed by atoms with Crippen molar-refractivity contribution >= 4 is 34.3 Å². The summed E-state index contributed by atoms with van der Waals surface area (Å²) >= 11 is 5.90. The Hall–Kier alpha value is -3.19. The van der Waals surface area contributed by atoms with Crippen LogP contribution in [0, 0.1) is 5.82 Å².